The fourth-order valence-electron chi connectivity index (χ4n) is 9.57. The Bertz CT molecular complexity index is 1610. The van der Waals surface area contributed by atoms with Gasteiger partial charge in [-0.2, -0.15) is 0 Å². The lowest BCUT2D eigenvalue weighted by atomic mass is 9.67. The molecule has 1 aliphatic carbocycles. The minimum absolute atomic E-state index is 0.219. The van der Waals surface area contributed by atoms with Crippen LogP contribution in [-0.4, -0.2) is 62.8 Å². The lowest BCUT2D eigenvalue weighted by Gasteiger charge is -2.56. The van der Waals surface area contributed by atoms with Crippen LogP contribution in [0.4, 0.5) is 0 Å². The summed E-state index contributed by atoms with van der Waals surface area (Å²) in [6.07, 6.45) is 1.49. The van der Waals surface area contributed by atoms with Crippen LogP contribution in [0.5, 0.6) is 5.75 Å². The van der Waals surface area contributed by atoms with Gasteiger partial charge in [-0.05, 0) is 78.7 Å². The number of hydrogen-bond acceptors (Lipinski definition) is 8. The molecule has 2 aliphatic heterocycles. The number of hydrogen-bond donors (Lipinski definition) is 0. The van der Waals surface area contributed by atoms with Gasteiger partial charge in [-0.25, -0.2) is 0 Å². The molecular formula is C45H62O7SSi. The van der Waals surface area contributed by atoms with Crippen LogP contribution >= 0.6 is 11.8 Å². The van der Waals surface area contributed by atoms with Crippen molar-refractivity contribution >= 4 is 20.1 Å². The summed E-state index contributed by atoms with van der Waals surface area (Å²) in [5.41, 5.74) is 1.73. The highest BCUT2D eigenvalue weighted by molar-refractivity contribution is 7.99. The predicted molar refractivity (Wildman–Crippen MR) is 219 cm³/mol. The predicted octanol–water partition coefficient (Wildman–Crippen LogP) is 10.7. The highest BCUT2D eigenvalue weighted by atomic mass is 32.2. The van der Waals surface area contributed by atoms with Crippen LogP contribution in [0.1, 0.15) is 79.4 Å². The SMILES string of the molecule is C=CCC[C@H]1O[C@@H](Sc2ccccc2)[C@@]2(OCc3ccccc3)[C@@H]1[C@@H](O[Si](C(C)C)(C(C)C)C(C)C)[C@@H]1OC(C)(C)O[C@@H]1[C@@H]2OCc1ccc(OC)cc1. The number of allylic oxidation sites excluding steroid dienone is 1. The highest BCUT2D eigenvalue weighted by Gasteiger charge is 2.74. The summed E-state index contributed by atoms with van der Waals surface area (Å²) in [5.74, 6) is -0.310. The van der Waals surface area contributed by atoms with Crippen LogP contribution in [0.3, 0.4) is 0 Å². The topological polar surface area (TPSA) is 64.6 Å². The molecule has 0 N–H and O–H groups in total. The molecule has 1 saturated carbocycles. The fourth-order valence-corrected chi connectivity index (χ4v) is 16.4. The standard InChI is InChI=1S/C45H62O7SSi/c1-11-12-23-37-38-39(52-54(30(2)3,31(4)5)32(6)7)40-41(51-44(8,9)50-40)42(47-28-34-24-26-35(46-10)27-25-34)45(38,48-29-33-19-15-13-16-20-33)43(49-37)53-36-21-17-14-18-22-36/h11,13-22,24-27,30-32,37-43H,1,12,23,28-29H2,2-10H3/t37-,38+,39-,40+,41+,42+,43+,45-/m1/s1. The van der Waals surface area contributed by atoms with Crippen LogP contribution in [0.15, 0.2) is 102 Å². The molecule has 3 aromatic carbocycles. The van der Waals surface area contributed by atoms with Crippen molar-refractivity contribution in [1.29, 1.82) is 0 Å². The molecule has 6 rings (SSSR count). The van der Waals surface area contributed by atoms with E-state index in [1.165, 1.54) is 0 Å². The van der Waals surface area contributed by atoms with Gasteiger partial charge in [0.15, 0.2) is 5.79 Å². The third-order valence-electron chi connectivity index (χ3n) is 11.8. The maximum atomic E-state index is 7.98. The van der Waals surface area contributed by atoms with E-state index in [9.17, 15) is 0 Å². The molecule has 8 atom stereocenters. The van der Waals surface area contributed by atoms with Crippen molar-refractivity contribution in [2.75, 3.05) is 7.11 Å². The molecule has 0 unspecified atom stereocenters. The maximum absolute atomic E-state index is 7.98. The Balaban J connectivity index is 1.57. The summed E-state index contributed by atoms with van der Waals surface area (Å²) in [5, 5.41) is 0. The van der Waals surface area contributed by atoms with Gasteiger partial charge in [-0.15, -0.1) is 6.58 Å². The number of fused-ring (bicyclic) bond motifs is 2. The smallest absolute Gasteiger partial charge is 0.200 e. The molecule has 3 fully saturated rings. The number of benzene rings is 3. The van der Waals surface area contributed by atoms with E-state index < -0.39 is 43.5 Å². The highest BCUT2D eigenvalue weighted by Crippen LogP contribution is 2.60. The summed E-state index contributed by atoms with van der Waals surface area (Å²) in [4.78, 5) is 1.10. The van der Waals surface area contributed by atoms with E-state index in [-0.39, 0.29) is 18.1 Å². The van der Waals surface area contributed by atoms with Crippen LogP contribution in [0.25, 0.3) is 0 Å². The maximum Gasteiger partial charge on any atom is 0.200 e. The first-order valence-electron chi connectivity index (χ1n) is 19.8. The molecule has 2 saturated heterocycles. The first kappa shape index (κ1) is 41.2. The number of ether oxygens (including phenoxy) is 6. The second kappa shape index (κ2) is 17.3. The molecule has 0 bridgehead atoms. The molecule has 0 amide bonds. The Hall–Kier alpha value is -2.47. The lowest BCUT2D eigenvalue weighted by molar-refractivity contribution is -0.254. The van der Waals surface area contributed by atoms with E-state index in [0.717, 1.165) is 34.6 Å². The monoisotopic (exact) mass is 774 g/mol. The van der Waals surface area contributed by atoms with Crippen LogP contribution in [-0.2, 0) is 41.3 Å². The summed E-state index contributed by atoms with van der Waals surface area (Å²) < 4.78 is 49.7. The fraction of sp³-hybridized carbons (Fsp3) is 0.556. The minimum Gasteiger partial charge on any atom is -0.497 e. The van der Waals surface area contributed by atoms with Crippen molar-refractivity contribution in [1.82, 2.24) is 0 Å². The largest absolute Gasteiger partial charge is 0.497 e. The second-order valence-electron chi connectivity index (χ2n) is 16.5. The van der Waals surface area contributed by atoms with Crippen molar-refractivity contribution in [3.63, 3.8) is 0 Å². The van der Waals surface area contributed by atoms with Gasteiger partial charge in [0.25, 0.3) is 0 Å². The van der Waals surface area contributed by atoms with E-state index in [1.54, 1.807) is 18.9 Å². The normalized spacial score (nSPS) is 29.1. The molecule has 294 valence electrons. The Morgan fingerprint density at radius 2 is 1.39 bits per heavy atom. The Morgan fingerprint density at radius 1 is 0.796 bits per heavy atom. The summed E-state index contributed by atoms with van der Waals surface area (Å²) in [6, 6.07) is 28.9. The third kappa shape index (κ3) is 8.16. The van der Waals surface area contributed by atoms with Gasteiger partial charge < -0.3 is 32.8 Å². The Labute approximate surface area is 329 Å². The molecule has 3 aromatic rings. The summed E-state index contributed by atoms with van der Waals surface area (Å²) in [7, 11) is -0.804. The van der Waals surface area contributed by atoms with Crippen molar-refractivity contribution < 1.29 is 32.8 Å². The van der Waals surface area contributed by atoms with Gasteiger partial charge >= 0.3 is 0 Å². The Morgan fingerprint density at radius 3 is 1.98 bits per heavy atom. The quantitative estimate of drug-likeness (QED) is 0.0992. The van der Waals surface area contributed by atoms with E-state index in [0.29, 0.717) is 29.8 Å². The van der Waals surface area contributed by atoms with Gasteiger partial charge in [-0.1, -0.05) is 120 Å². The average Bonchev–Trinajstić information content (AvgIpc) is 3.64. The minimum atomic E-state index is -2.49. The molecule has 0 radical (unpaired) electrons. The molecule has 3 aliphatic rings. The average molecular weight is 775 g/mol. The van der Waals surface area contributed by atoms with Gasteiger partial charge in [0.2, 0.25) is 8.32 Å². The van der Waals surface area contributed by atoms with Crippen LogP contribution < -0.4 is 4.74 Å². The molecule has 7 nitrogen and oxygen atoms in total. The zero-order chi connectivity index (χ0) is 38.7. The number of thioether (sulfide) groups is 1. The molecular weight excluding hydrogens is 713 g/mol. The lowest BCUT2D eigenvalue weighted by Crippen LogP contribution is -2.72. The summed E-state index contributed by atoms with van der Waals surface area (Å²) in [6.45, 7) is 22.9. The van der Waals surface area contributed by atoms with Crippen molar-refractivity contribution in [3.05, 3.63) is 109 Å². The molecule has 54 heavy (non-hydrogen) atoms. The number of rotatable bonds is 17. The second-order valence-corrected chi connectivity index (χ2v) is 23.0. The van der Waals surface area contributed by atoms with Gasteiger partial charge in [-0.3, -0.25) is 0 Å². The van der Waals surface area contributed by atoms with Gasteiger partial charge in [0.1, 0.15) is 35.1 Å². The van der Waals surface area contributed by atoms with Crippen molar-refractivity contribution in [2.24, 2.45) is 5.92 Å². The molecule has 0 aromatic heterocycles. The van der Waals surface area contributed by atoms with Crippen LogP contribution in [0.2, 0.25) is 16.6 Å². The molecule has 0 spiro atoms. The van der Waals surface area contributed by atoms with Gasteiger partial charge in [0.05, 0.1) is 32.5 Å². The van der Waals surface area contributed by atoms with E-state index in [2.05, 4.69) is 109 Å². The van der Waals surface area contributed by atoms with Crippen LogP contribution in [0, 0.1) is 5.92 Å². The third-order valence-corrected chi connectivity index (χ3v) is 19.1. The number of methoxy groups -OCH3 is 1. The zero-order valence-electron chi connectivity index (χ0n) is 33.7. The van der Waals surface area contributed by atoms with Crippen molar-refractivity contribution in [3.8, 4) is 5.75 Å². The summed E-state index contributed by atoms with van der Waals surface area (Å²) >= 11 is 1.70. The molecule has 9 heteroatoms. The van der Waals surface area contributed by atoms with Crippen molar-refractivity contribution in [2.45, 2.75) is 150 Å². The first-order chi connectivity index (χ1) is 25.9. The van der Waals surface area contributed by atoms with E-state index in [4.69, 9.17) is 32.8 Å². The zero-order valence-corrected chi connectivity index (χ0v) is 35.6. The first-order valence-corrected chi connectivity index (χ1v) is 22.8. The van der Waals surface area contributed by atoms with Gasteiger partial charge in [0, 0.05) is 10.8 Å². The Kier molecular flexibility index (Phi) is 13.2. The van der Waals surface area contributed by atoms with E-state index >= 15 is 0 Å². The molecule has 2 heterocycles. The van der Waals surface area contributed by atoms with E-state index in [1.807, 2.05) is 44.2 Å².